The second-order valence-electron chi connectivity index (χ2n) is 10.6. The van der Waals surface area contributed by atoms with Crippen LogP contribution in [0.2, 0.25) is 0 Å². The molecular formula is C31H38N8O6. The van der Waals surface area contributed by atoms with Gasteiger partial charge in [0.15, 0.2) is 17.0 Å². The molecule has 4 rings (SSSR count). The number of carboxylic acid groups (broad SMARTS) is 2. The second-order valence-corrected chi connectivity index (χ2v) is 10.6. The Balaban J connectivity index is 1.34. The summed E-state index contributed by atoms with van der Waals surface area (Å²) >= 11 is 0. The van der Waals surface area contributed by atoms with Crippen LogP contribution >= 0.6 is 0 Å². The molecule has 7 N–H and O–H groups in total. The molecule has 1 atom stereocenters. The van der Waals surface area contributed by atoms with Gasteiger partial charge in [0, 0.05) is 25.2 Å². The molecular weight excluding hydrogens is 580 g/mol. The maximum atomic E-state index is 12.9. The van der Waals surface area contributed by atoms with Crippen LogP contribution < -0.4 is 16.4 Å². The number of nitrogens with two attached hydrogens (primary N) is 1. The molecule has 0 saturated carbocycles. The van der Waals surface area contributed by atoms with Gasteiger partial charge in [-0.3, -0.25) is 9.36 Å². The van der Waals surface area contributed by atoms with Crippen molar-refractivity contribution in [1.29, 1.82) is 0 Å². The largest absolute Gasteiger partial charge is 0.480 e. The lowest BCUT2D eigenvalue weighted by molar-refractivity contribution is -0.139. The number of aromatic hydroxyl groups is 1. The minimum Gasteiger partial charge on any atom is -0.480 e. The number of amides is 2. The number of carbonyl (C=O) groups excluding carboxylic acids is 1. The summed E-state index contributed by atoms with van der Waals surface area (Å²) in [7, 11) is 0. The van der Waals surface area contributed by atoms with Crippen molar-refractivity contribution >= 4 is 40.9 Å². The maximum absolute atomic E-state index is 12.9. The molecule has 0 saturated heterocycles. The molecule has 238 valence electrons. The molecule has 45 heavy (non-hydrogen) atoms. The van der Waals surface area contributed by atoms with Crippen LogP contribution in [0.15, 0.2) is 54.6 Å². The van der Waals surface area contributed by atoms with Gasteiger partial charge in [-0.05, 0) is 48.9 Å². The fourth-order valence-corrected chi connectivity index (χ4v) is 4.75. The number of unbranched alkanes of at least 4 members (excludes halogenated alkanes) is 2. The highest BCUT2D eigenvalue weighted by Crippen LogP contribution is 2.25. The molecule has 2 heterocycles. The van der Waals surface area contributed by atoms with Gasteiger partial charge in [-0.2, -0.15) is 15.0 Å². The average Bonchev–Trinajstić information content (AvgIpc) is 3.33. The van der Waals surface area contributed by atoms with E-state index in [2.05, 4.69) is 32.5 Å². The lowest BCUT2D eigenvalue weighted by Crippen LogP contribution is -2.40. The maximum Gasteiger partial charge on any atom is 0.407 e. The minimum absolute atomic E-state index is 0.138. The highest BCUT2D eigenvalue weighted by molar-refractivity contribution is 5.96. The molecule has 2 aromatic carbocycles. The van der Waals surface area contributed by atoms with Crippen molar-refractivity contribution in [3.63, 3.8) is 0 Å². The molecule has 0 bridgehead atoms. The topological polar surface area (TPSA) is 209 Å². The third-order valence-electron chi connectivity index (χ3n) is 7.23. The zero-order chi connectivity index (χ0) is 32.3. The number of anilines is 2. The van der Waals surface area contributed by atoms with Gasteiger partial charge in [-0.15, -0.1) is 0 Å². The van der Waals surface area contributed by atoms with Crippen molar-refractivity contribution in [2.24, 2.45) is 0 Å². The zero-order valence-electron chi connectivity index (χ0n) is 25.0. The summed E-state index contributed by atoms with van der Waals surface area (Å²) in [6, 6.07) is 14.3. The van der Waals surface area contributed by atoms with Gasteiger partial charge in [0.25, 0.3) is 11.9 Å². The summed E-state index contributed by atoms with van der Waals surface area (Å²) in [5, 5.41) is 35.4. The Morgan fingerprint density at radius 2 is 1.69 bits per heavy atom. The molecule has 0 aliphatic heterocycles. The Kier molecular flexibility index (Phi) is 11.1. The van der Waals surface area contributed by atoms with E-state index in [1.54, 1.807) is 24.3 Å². The van der Waals surface area contributed by atoms with Crippen molar-refractivity contribution < 1.29 is 29.7 Å². The van der Waals surface area contributed by atoms with E-state index in [1.807, 2.05) is 30.3 Å². The summed E-state index contributed by atoms with van der Waals surface area (Å²) < 4.78 is 1.49. The summed E-state index contributed by atoms with van der Waals surface area (Å²) in [4.78, 5) is 50.5. The first-order chi connectivity index (χ1) is 21.7. The van der Waals surface area contributed by atoms with Gasteiger partial charge >= 0.3 is 12.1 Å². The molecule has 0 fully saturated rings. The number of carboxylic acids is 1. The minimum atomic E-state index is -1.17. The number of fused-ring (bicyclic) bond motifs is 1. The standard InChI is InChI=1S/C31H38N8O6/c1-2-3-16-33-29-36-25(32)24-26(37-29)39(30(43)35-24)19-21-12-14-22(15-13-21)27(40)34-23(28(41)42)11-7-8-17-38(31(44)45)18-20-9-5-4-6-10-20/h4-6,9-10,12-15,23H,2-3,7-8,11,16-19H2,1H3,(H,34,40)(H,35,43)(H,41,42)(H,44,45)(H3,32,33,36,37)/t23-/m0/s1. The van der Waals surface area contributed by atoms with E-state index >= 15 is 0 Å². The first-order valence-corrected chi connectivity index (χ1v) is 14.8. The number of imidazole rings is 1. The number of rotatable bonds is 16. The number of aliphatic carboxylic acids is 1. The van der Waals surface area contributed by atoms with E-state index in [4.69, 9.17) is 5.73 Å². The summed E-state index contributed by atoms with van der Waals surface area (Å²) in [5.41, 5.74) is 8.54. The van der Waals surface area contributed by atoms with E-state index in [0.29, 0.717) is 31.0 Å². The lowest BCUT2D eigenvalue weighted by Gasteiger charge is -2.20. The Labute approximate surface area is 259 Å². The smallest absolute Gasteiger partial charge is 0.407 e. The molecule has 0 radical (unpaired) electrons. The van der Waals surface area contributed by atoms with Crippen LogP contribution in [0.4, 0.5) is 16.6 Å². The van der Waals surface area contributed by atoms with Crippen LogP contribution in [0.5, 0.6) is 6.01 Å². The van der Waals surface area contributed by atoms with Crippen molar-refractivity contribution in [3.8, 4) is 6.01 Å². The van der Waals surface area contributed by atoms with Crippen LogP contribution in [-0.4, -0.2) is 76.8 Å². The number of nitrogens with zero attached hydrogens (tertiary/aromatic N) is 5. The third kappa shape index (κ3) is 8.81. The van der Waals surface area contributed by atoms with Gasteiger partial charge in [0.05, 0.1) is 6.54 Å². The first-order valence-electron chi connectivity index (χ1n) is 14.8. The quantitative estimate of drug-likeness (QED) is 0.0992. The molecule has 0 aliphatic rings. The number of hydrogen-bond donors (Lipinski definition) is 6. The predicted molar refractivity (Wildman–Crippen MR) is 168 cm³/mol. The molecule has 2 aromatic heterocycles. The van der Waals surface area contributed by atoms with E-state index in [1.165, 1.54) is 9.47 Å². The van der Waals surface area contributed by atoms with Crippen LogP contribution in [-0.2, 0) is 17.9 Å². The highest BCUT2D eigenvalue weighted by atomic mass is 16.4. The fraction of sp³-hybridized carbons (Fsp3) is 0.355. The van der Waals surface area contributed by atoms with Gasteiger partial charge in [-0.1, -0.05) is 55.8 Å². The molecule has 0 spiro atoms. The van der Waals surface area contributed by atoms with E-state index in [9.17, 15) is 29.7 Å². The number of benzene rings is 2. The van der Waals surface area contributed by atoms with Crippen molar-refractivity contribution in [2.45, 2.75) is 58.2 Å². The van der Waals surface area contributed by atoms with Crippen LogP contribution in [0.1, 0.15) is 60.5 Å². The van der Waals surface area contributed by atoms with Crippen LogP contribution in [0.25, 0.3) is 11.2 Å². The Morgan fingerprint density at radius 1 is 0.956 bits per heavy atom. The molecule has 2 amide bonds. The Morgan fingerprint density at radius 3 is 2.36 bits per heavy atom. The molecule has 0 aliphatic carbocycles. The molecule has 0 unspecified atom stereocenters. The van der Waals surface area contributed by atoms with Crippen molar-refractivity contribution in [3.05, 3.63) is 71.3 Å². The average molecular weight is 619 g/mol. The zero-order valence-corrected chi connectivity index (χ0v) is 25.0. The van der Waals surface area contributed by atoms with E-state index in [-0.39, 0.29) is 49.0 Å². The lowest BCUT2D eigenvalue weighted by atomic mass is 10.1. The number of nitrogens with one attached hydrogen (secondary N) is 2. The predicted octanol–water partition coefficient (Wildman–Crippen LogP) is 3.91. The fourth-order valence-electron chi connectivity index (χ4n) is 4.75. The number of carbonyl (C=O) groups is 3. The summed E-state index contributed by atoms with van der Waals surface area (Å²) in [6.07, 6.45) is 1.86. The normalized spacial score (nSPS) is 11.7. The van der Waals surface area contributed by atoms with E-state index < -0.39 is 24.0 Å². The van der Waals surface area contributed by atoms with Gasteiger partial charge in [0.1, 0.15) is 6.04 Å². The summed E-state index contributed by atoms with van der Waals surface area (Å²) in [6.45, 7) is 3.40. The van der Waals surface area contributed by atoms with Crippen molar-refractivity contribution in [1.82, 2.24) is 29.7 Å². The van der Waals surface area contributed by atoms with Crippen LogP contribution in [0.3, 0.4) is 0 Å². The van der Waals surface area contributed by atoms with Gasteiger partial charge in [-0.25, -0.2) is 9.59 Å². The molecule has 4 aromatic rings. The Bertz CT molecular complexity index is 1610. The monoisotopic (exact) mass is 618 g/mol. The number of hydrogen-bond acceptors (Lipinski definition) is 9. The first kappa shape index (κ1) is 32.5. The number of aromatic nitrogens is 4. The third-order valence-corrected chi connectivity index (χ3v) is 7.23. The highest BCUT2D eigenvalue weighted by Gasteiger charge is 2.22. The molecule has 14 heteroatoms. The number of nitrogen functional groups attached to an aromatic ring is 1. The second kappa shape index (κ2) is 15.4. The van der Waals surface area contributed by atoms with Crippen LogP contribution in [0, 0.1) is 0 Å². The Hall–Kier alpha value is -5.40. The van der Waals surface area contributed by atoms with Gasteiger partial charge in [0.2, 0.25) is 5.95 Å². The SMILES string of the molecule is CCCCNc1nc(N)c2nc(O)n(Cc3ccc(C(=O)N[C@@H](CCCCN(Cc4ccccc4)C(=O)O)C(=O)O)cc3)c2n1. The van der Waals surface area contributed by atoms with Crippen molar-refractivity contribution in [2.75, 3.05) is 24.1 Å². The van der Waals surface area contributed by atoms with Gasteiger partial charge < -0.3 is 36.6 Å². The molecule has 14 nitrogen and oxygen atoms in total. The summed E-state index contributed by atoms with van der Waals surface area (Å²) in [5.74, 6) is -1.25. The van der Waals surface area contributed by atoms with E-state index in [0.717, 1.165) is 24.0 Å².